The Morgan fingerprint density at radius 3 is 2.77 bits per heavy atom. The van der Waals surface area contributed by atoms with Crippen molar-refractivity contribution in [2.24, 2.45) is 0 Å². The molecule has 0 aliphatic carbocycles. The topological polar surface area (TPSA) is 86.0 Å². The number of halogens is 1. The largest absolute Gasteiger partial charge is 0.358 e. The van der Waals surface area contributed by atoms with Crippen LogP contribution in [0.15, 0.2) is 22.7 Å². The van der Waals surface area contributed by atoms with Gasteiger partial charge in [-0.15, -0.1) is 0 Å². The van der Waals surface area contributed by atoms with E-state index in [1.54, 1.807) is 6.08 Å². The van der Waals surface area contributed by atoms with Crippen LogP contribution in [-0.4, -0.2) is 36.9 Å². The Morgan fingerprint density at radius 1 is 1.27 bits per heavy atom. The molecule has 0 fully saturated rings. The van der Waals surface area contributed by atoms with Gasteiger partial charge in [-0.25, -0.2) is 0 Å². The number of aromatic nitrogens is 1. The molecule has 0 radical (unpaired) electrons. The molecular formula is C19H21BrN4O2. The van der Waals surface area contributed by atoms with Gasteiger partial charge in [0.05, 0.1) is 11.1 Å². The molecular weight excluding hydrogens is 396 g/mol. The lowest BCUT2D eigenvalue weighted by atomic mass is 10.0. The van der Waals surface area contributed by atoms with Crippen LogP contribution < -0.4 is 16.0 Å². The molecule has 2 amide bonds. The molecule has 4 N–H and O–H groups in total. The third kappa shape index (κ3) is 3.45. The predicted octanol–water partition coefficient (Wildman–Crippen LogP) is 2.84. The van der Waals surface area contributed by atoms with Crippen molar-refractivity contribution in [2.75, 3.05) is 25.5 Å². The zero-order chi connectivity index (χ0) is 18.8. The van der Waals surface area contributed by atoms with Crippen LogP contribution in [0, 0.1) is 13.8 Å². The second-order valence-corrected chi connectivity index (χ2v) is 7.14. The highest BCUT2D eigenvalue weighted by atomic mass is 79.9. The van der Waals surface area contributed by atoms with E-state index >= 15 is 0 Å². The van der Waals surface area contributed by atoms with E-state index in [-0.39, 0.29) is 11.8 Å². The summed E-state index contributed by atoms with van der Waals surface area (Å²) in [7, 11) is 1.84. The van der Waals surface area contributed by atoms with Crippen molar-refractivity contribution in [1.82, 2.24) is 15.6 Å². The molecule has 26 heavy (non-hydrogen) atoms. The molecule has 0 atom stereocenters. The third-order valence-electron chi connectivity index (χ3n) is 4.42. The standard InChI is InChI=1S/C19H21BrN4O2/c1-10-16(23-11(2)17(10)19(26)22-7-6-21-3)9-14-13-8-12(20)4-5-15(13)24-18(14)25/h4-5,8-9,21,23H,6-7H2,1-3H3,(H,22,26)(H,24,25)/b14-9-. The molecule has 0 unspecified atom stereocenters. The van der Waals surface area contributed by atoms with Crippen molar-refractivity contribution in [3.63, 3.8) is 0 Å². The first-order valence-electron chi connectivity index (χ1n) is 8.37. The van der Waals surface area contributed by atoms with Crippen molar-refractivity contribution in [3.05, 3.63) is 50.8 Å². The Labute approximate surface area is 160 Å². The van der Waals surface area contributed by atoms with Gasteiger partial charge in [0.2, 0.25) is 0 Å². The van der Waals surface area contributed by atoms with E-state index in [1.807, 2.05) is 39.1 Å². The number of H-pyrrole nitrogens is 1. The third-order valence-corrected chi connectivity index (χ3v) is 4.91. The van der Waals surface area contributed by atoms with E-state index in [0.717, 1.165) is 32.7 Å². The Morgan fingerprint density at radius 2 is 2.04 bits per heavy atom. The highest BCUT2D eigenvalue weighted by molar-refractivity contribution is 9.10. The molecule has 136 valence electrons. The number of fused-ring (bicyclic) bond motifs is 1. The minimum absolute atomic E-state index is 0.116. The van der Waals surface area contributed by atoms with Gasteiger partial charge in [-0.1, -0.05) is 15.9 Å². The van der Waals surface area contributed by atoms with Crippen LogP contribution in [0.2, 0.25) is 0 Å². The van der Waals surface area contributed by atoms with Crippen LogP contribution in [0.1, 0.15) is 32.9 Å². The smallest absolute Gasteiger partial charge is 0.256 e. The Kier molecular flexibility index (Phi) is 5.29. The minimum Gasteiger partial charge on any atom is -0.358 e. The monoisotopic (exact) mass is 416 g/mol. The zero-order valence-electron chi connectivity index (χ0n) is 14.9. The fourth-order valence-electron chi connectivity index (χ4n) is 3.10. The van der Waals surface area contributed by atoms with E-state index in [2.05, 4.69) is 36.9 Å². The van der Waals surface area contributed by atoms with Gasteiger partial charge in [0.1, 0.15) is 0 Å². The fraction of sp³-hybridized carbons (Fsp3) is 0.263. The van der Waals surface area contributed by atoms with Crippen molar-refractivity contribution in [1.29, 1.82) is 0 Å². The van der Waals surface area contributed by atoms with Crippen LogP contribution >= 0.6 is 15.9 Å². The average Bonchev–Trinajstić information content (AvgIpc) is 3.04. The molecule has 0 bridgehead atoms. The van der Waals surface area contributed by atoms with E-state index in [1.165, 1.54) is 0 Å². The maximum absolute atomic E-state index is 12.5. The number of likely N-dealkylation sites (N-methyl/N-ethyl adjacent to an activating group) is 1. The molecule has 6 nitrogen and oxygen atoms in total. The van der Waals surface area contributed by atoms with Crippen LogP contribution in [0.4, 0.5) is 5.69 Å². The maximum atomic E-state index is 12.5. The van der Waals surface area contributed by atoms with Gasteiger partial charge in [0.15, 0.2) is 0 Å². The summed E-state index contributed by atoms with van der Waals surface area (Å²) in [5.41, 5.74) is 5.21. The van der Waals surface area contributed by atoms with Crippen molar-refractivity contribution in [2.45, 2.75) is 13.8 Å². The molecule has 2 aromatic rings. The number of anilines is 1. The first-order valence-corrected chi connectivity index (χ1v) is 9.16. The van der Waals surface area contributed by atoms with Gasteiger partial charge in [-0.3, -0.25) is 9.59 Å². The maximum Gasteiger partial charge on any atom is 0.256 e. The lowest BCUT2D eigenvalue weighted by molar-refractivity contribution is -0.110. The first-order chi connectivity index (χ1) is 12.4. The number of carbonyl (C=O) groups is 2. The van der Waals surface area contributed by atoms with Gasteiger partial charge in [-0.05, 0) is 50.7 Å². The summed E-state index contributed by atoms with van der Waals surface area (Å²) >= 11 is 3.44. The molecule has 7 heteroatoms. The van der Waals surface area contributed by atoms with Crippen molar-refractivity contribution >= 4 is 45.1 Å². The van der Waals surface area contributed by atoms with Crippen LogP contribution in [0.5, 0.6) is 0 Å². The number of carbonyl (C=O) groups excluding carboxylic acids is 2. The number of amides is 2. The number of hydrogen-bond donors (Lipinski definition) is 4. The average molecular weight is 417 g/mol. The Hall–Kier alpha value is -2.38. The van der Waals surface area contributed by atoms with Crippen LogP contribution in [0.25, 0.3) is 11.6 Å². The number of aromatic amines is 1. The number of nitrogens with one attached hydrogen (secondary N) is 4. The summed E-state index contributed by atoms with van der Waals surface area (Å²) < 4.78 is 0.905. The van der Waals surface area contributed by atoms with E-state index in [9.17, 15) is 9.59 Å². The molecule has 1 aliphatic rings. The SMILES string of the molecule is CNCCNC(=O)c1c(C)[nH]c(/C=C2\C(=O)Nc3ccc(Br)cc32)c1C. The molecule has 0 saturated carbocycles. The summed E-state index contributed by atoms with van der Waals surface area (Å²) in [4.78, 5) is 28.0. The molecule has 2 heterocycles. The van der Waals surface area contributed by atoms with Gasteiger partial charge >= 0.3 is 0 Å². The van der Waals surface area contributed by atoms with E-state index in [4.69, 9.17) is 0 Å². The van der Waals surface area contributed by atoms with Crippen molar-refractivity contribution < 1.29 is 9.59 Å². The molecule has 1 aromatic carbocycles. The molecule has 0 spiro atoms. The highest BCUT2D eigenvalue weighted by Gasteiger charge is 2.25. The van der Waals surface area contributed by atoms with Crippen LogP contribution in [-0.2, 0) is 4.79 Å². The lowest BCUT2D eigenvalue weighted by Crippen LogP contribution is -2.30. The first kappa shape index (κ1) is 18.4. The summed E-state index contributed by atoms with van der Waals surface area (Å²) in [6.45, 7) is 5.01. The van der Waals surface area contributed by atoms with E-state index < -0.39 is 0 Å². The highest BCUT2D eigenvalue weighted by Crippen LogP contribution is 2.35. The Bertz CT molecular complexity index is 915. The molecule has 0 saturated heterocycles. The molecule has 1 aliphatic heterocycles. The lowest BCUT2D eigenvalue weighted by Gasteiger charge is -2.05. The number of benzene rings is 1. The number of rotatable bonds is 5. The second kappa shape index (κ2) is 7.47. The van der Waals surface area contributed by atoms with Gasteiger partial charge < -0.3 is 20.9 Å². The fourth-order valence-corrected chi connectivity index (χ4v) is 3.46. The normalized spacial score (nSPS) is 14.5. The predicted molar refractivity (Wildman–Crippen MR) is 107 cm³/mol. The van der Waals surface area contributed by atoms with Crippen molar-refractivity contribution in [3.8, 4) is 0 Å². The summed E-state index contributed by atoms with van der Waals surface area (Å²) in [6.07, 6.45) is 1.81. The zero-order valence-corrected chi connectivity index (χ0v) is 16.5. The minimum atomic E-state index is -0.148. The molecule has 1 aromatic heterocycles. The summed E-state index contributed by atoms with van der Waals surface area (Å²) in [5, 5.41) is 8.75. The van der Waals surface area contributed by atoms with Gasteiger partial charge in [-0.2, -0.15) is 0 Å². The second-order valence-electron chi connectivity index (χ2n) is 6.23. The number of aryl methyl sites for hydroxylation is 1. The quantitative estimate of drug-likeness (QED) is 0.446. The van der Waals surface area contributed by atoms with Crippen LogP contribution in [0.3, 0.4) is 0 Å². The van der Waals surface area contributed by atoms with Gasteiger partial charge in [0, 0.05) is 40.2 Å². The number of hydrogen-bond acceptors (Lipinski definition) is 3. The molecule has 3 rings (SSSR count). The summed E-state index contributed by atoms with van der Waals surface area (Å²) in [6, 6.07) is 5.67. The van der Waals surface area contributed by atoms with Gasteiger partial charge in [0.25, 0.3) is 11.8 Å². The Balaban J connectivity index is 1.96. The van der Waals surface area contributed by atoms with E-state index in [0.29, 0.717) is 24.2 Å². The summed E-state index contributed by atoms with van der Waals surface area (Å²) in [5.74, 6) is -0.264.